The lowest BCUT2D eigenvalue weighted by molar-refractivity contribution is -0.157. The Kier molecular flexibility index (Phi) is 11.0. The summed E-state index contributed by atoms with van der Waals surface area (Å²) < 4.78 is 24.1. The summed E-state index contributed by atoms with van der Waals surface area (Å²) in [5.74, 6) is 0.0689. The van der Waals surface area contributed by atoms with Crippen LogP contribution < -0.4 is 14.8 Å². The van der Waals surface area contributed by atoms with E-state index in [9.17, 15) is 14.4 Å². The molecule has 3 aliphatic rings. The van der Waals surface area contributed by atoms with Crippen LogP contribution in [-0.4, -0.2) is 77.4 Å². The molecule has 0 spiro atoms. The molecule has 1 saturated carbocycles. The molecular formula is C40H52N4O7. The lowest BCUT2D eigenvalue weighted by Crippen LogP contribution is -2.57. The monoisotopic (exact) mass is 700 g/mol. The van der Waals surface area contributed by atoms with E-state index < -0.39 is 47.5 Å². The van der Waals surface area contributed by atoms with Gasteiger partial charge in [0.2, 0.25) is 11.8 Å². The molecular weight excluding hydrogens is 648 g/mol. The van der Waals surface area contributed by atoms with Crippen LogP contribution in [0.25, 0.3) is 11.0 Å². The summed E-state index contributed by atoms with van der Waals surface area (Å²) in [7, 11) is 1.61. The topological polar surface area (TPSA) is 129 Å². The minimum atomic E-state index is -0.976. The molecule has 11 nitrogen and oxygen atoms in total. The van der Waals surface area contributed by atoms with Gasteiger partial charge in [0.05, 0.1) is 31.3 Å². The maximum absolute atomic E-state index is 14.8. The van der Waals surface area contributed by atoms with Crippen molar-refractivity contribution in [1.82, 2.24) is 20.2 Å². The van der Waals surface area contributed by atoms with Crippen molar-refractivity contribution in [2.24, 2.45) is 23.2 Å². The van der Waals surface area contributed by atoms with Crippen molar-refractivity contribution >= 4 is 29.0 Å². The van der Waals surface area contributed by atoms with Crippen molar-refractivity contribution < 1.29 is 33.3 Å². The smallest absolute Gasteiger partial charge is 0.408 e. The predicted octanol–water partition coefficient (Wildman–Crippen LogP) is 6.30. The number of esters is 1. The Morgan fingerprint density at radius 2 is 1.78 bits per heavy atom. The molecule has 1 saturated heterocycles. The second-order valence-electron chi connectivity index (χ2n) is 15.8. The fraction of sp³-hybridized carbons (Fsp3) is 0.575. The number of alkyl carbamates (subject to hydrolysis) is 1. The zero-order chi connectivity index (χ0) is 36.3. The van der Waals surface area contributed by atoms with Gasteiger partial charge in [0.15, 0.2) is 0 Å². The van der Waals surface area contributed by atoms with E-state index in [0.29, 0.717) is 35.9 Å². The maximum Gasteiger partial charge on any atom is 0.408 e. The summed E-state index contributed by atoms with van der Waals surface area (Å²) in [5.41, 5.74) is 2.40. The first kappa shape index (κ1) is 36.4. The van der Waals surface area contributed by atoms with Crippen molar-refractivity contribution in [3.8, 4) is 11.6 Å². The van der Waals surface area contributed by atoms with E-state index in [1.165, 1.54) is 0 Å². The first-order chi connectivity index (χ1) is 24.4. The fourth-order valence-electron chi connectivity index (χ4n) is 7.22. The SMILES string of the molecule is COc1ccc2nc3c(nc2c1)O[C@H]1CN(C(=O)[C@H](C(C)(C)C)NC(=O)O[C@@H]2C[C@H]2CCCCC3)[C@H](C(=O)OCC(C)C)[C@@H]1Cc1ccccc1. The number of fused-ring (bicyclic) bond motifs is 5. The Morgan fingerprint density at radius 3 is 2.51 bits per heavy atom. The lowest BCUT2D eigenvalue weighted by Gasteiger charge is -2.35. The Labute approximate surface area is 300 Å². The number of hydrogen-bond acceptors (Lipinski definition) is 9. The number of carbonyl (C=O) groups is 3. The van der Waals surface area contributed by atoms with E-state index in [-0.39, 0.29) is 25.2 Å². The number of carbonyl (C=O) groups excluding carboxylic acids is 3. The summed E-state index contributed by atoms with van der Waals surface area (Å²) in [6.45, 7) is 9.92. The largest absolute Gasteiger partial charge is 0.497 e. The summed E-state index contributed by atoms with van der Waals surface area (Å²) in [6, 6.07) is 13.5. The third kappa shape index (κ3) is 8.73. The van der Waals surface area contributed by atoms with Gasteiger partial charge in [0.1, 0.15) is 35.7 Å². The van der Waals surface area contributed by atoms with Gasteiger partial charge in [-0.1, -0.05) is 77.8 Å². The summed E-state index contributed by atoms with van der Waals surface area (Å²) in [4.78, 5) is 53.8. The van der Waals surface area contributed by atoms with E-state index in [4.69, 9.17) is 28.9 Å². The Bertz CT molecular complexity index is 1710. The summed E-state index contributed by atoms with van der Waals surface area (Å²) >= 11 is 0. The molecule has 2 aliphatic heterocycles. The van der Waals surface area contributed by atoms with Gasteiger partial charge >= 0.3 is 12.1 Å². The molecule has 6 rings (SSSR count). The van der Waals surface area contributed by atoms with Crippen LogP contribution in [0.3, 0.4) is 0 Å². The van der Waals surface area contributed by atoms with Crippen LogP contribution in [0, 0.1) is 23.2 Å². The number of benzene rings is 2. The highest BCUT2D eigenvalue weighted by molar-refractivity contribution is 5.91. The lowest BCUT2D eigenvalue weighted by atomic mass is 9.85. The van der Waals surface area contributed by atoms with Crippen molar-refractivity contribution in [3.05, 3.63) is 59.8 Å². The van der Waals surface area contributed by atoms with Crippen LogP contribution in [-0.2, 0) is 31.9 Å². The average Bonchev–Trinajstić information content (AvgIpc) is 3.73. The third-order valence-electron chi connectivity index (χ3n) is 10.1. The van der Waals surface area contributed by atoms with Gasteiger partial charge in [-0.05, 0) is 67.1 Å². The molecule has 3 aromatic rings. The number of methoxy groups -OCH3 is 1. The average molecular weight is 701 g/mol. The van der Waals surface area contributed by atoms with Gasteiger partial charge in [-0.15, -0.1) is 0 Å². The molecule has 2 fully saturated rings. The molecule has 2 bridgehead atoms. The van der Waals surface area contributed by atoms with E-state index in [1.54, 1.807) is 12.0 Å². The van der Waals surface area contributed by atoms with Crippen molar-refractivity contribution in [3.63, 3.8) is 0 Å². The molecule has 1 aliphatic carbocycles. The second kappa shape index (κ2) is 15.5. The molecule has 0 radical (unpaired) electrons. The highest BCUT2D eigenvalue weighted by Gasteiger charge is 2.53. The molecule has 2 aromatic carbocycles. The van der Waals surface area contributed by atoms with Crippen LogP contribution in [0.2, 0.25) is 0 Å². The van der Waals surface area contributed by atoms with Crippen molar-refractivity contribution in [2.75, 3.05) is 20.3 Å². The summed E-state index contributed by atoms with van der Waals surface area (Å²) in [5, 5.41) is 2.89. The molecule has 51 heavy (non-hydrogen) atoms. The van der Waals surface area contributed by atoms with Gasteiger partial charge in [-0.2, -0.15) is 0 Å². The van der Waals surface area contributed by atoms with Crippen LogP contribution in [0.15, 0.2) is 48.5 Å². The van der Waals surface area contributed by atoms with Crippen LogP contribution in [0.4, 0.5) is 4.79 Å². The molecule has 6 atom stereocenters. The van der Waals surface area contributed by atoms with E-state index >= 15 is 0 Å². The number of aryl methyl sites for hydroxylation is 1. The highest BCUT2D eigenvalue weighted by atomic mass is 16.6. The molecule has 11 heteroatoms. The molecule has 2 amide bonds. The molecule has 1 N–H and O–H groups in total. The second-order valence-corrected chi connectivity index (χ2v) is 15.8. The summed E-state index contributed by atoms with van der Waals surface area (Å²) in [6.07, 6.45) is 4.33. The minimum absolute atomic E-state index is 0.0864. The number of amides is 2. The molecule has 3 heterocycles. The van der Waals surface area contributed by atoms with Gasteiger partial charge in [-0.3, -0.25) is 4.79 Å². The Morgan fingerprint density at radius 1 is 1.00 bits per heavy atom. The van der Waals surface area contributed by atoms with Crippen LogP contribution >= 0.6 is 0 Å². The number of hydrogen-bond donors (Lipinski definition) is 1. The molecule has 0 unspecified atom stereocenters. The molecule has 1 aromatic heterocycles. The third-order valence-corrected chi connectivity index (χ3v) is 10.1. The number of nitrogens with one attached hydrogen (secondary N) is 1. The number of ether oxygens (including phenoxy) is 4. The number of aromatic nitrogens is 2. The normalized spacial score (nSPS) is 25.8. The standard InChI is InChI=1S/C40H52N4O7/c1-24(2)23-49-38(46)34-28(19-25-13-9-7-10-14-25)33-22-44(34)37(45)35(40(3,4)5)43-39(47)51-32-20-26(32)15-11-8-12-16-30-36(50-33)42-31-21-27(48-6)17-18-29(31)41-30/h7,9-10,13-14,17-18,21,24,26,28,32-35H,8,11-12,15-16,19-20,22-23H2,1-6H3,(H,43,47)/t26-,28-,32-,33+,34+,35-/m1/s1. The minimum Gasteiger partial charge on any atom is -0.497 e. The van der Waals surface area contributed by atoms with E-state index in [1.807, 2.05) is 83.1 Å². The van der Waals surface area contributed by atoms with Gasteiger partial charge in [0, 0.05) is 12.0 Å². The first-order valence-electron chi connectivity index (χ1n) is 18.4. The predicted molar refractivity (Wildman–Crippen MR) is 192 cm³/mol. The van der Waals surface area contributed by atoms with Crippen LogP contribution in [0.1, 0.15) is 78.0 Å². The highest BCUT2D eigenvalue weighted by Crippen LogP contribution is 2.39. The maximum atomic E-state index is 14.8. The van der Waals surface area contributed by atoms with Gasteiger partial charge < -0.3 is 29.2 Å². The quantitative estimate of drug-likeness (QED) is 0.295. The van der Waals surface area contributed by atoms with Crippen molar-refractivity contribution in [2.45, 2.75) is 104 Å². The van der Waals surface area contributed by atoms with Crippen molar-refractivity contribution in [1.29, 1.82) is 0 Å². The van der Waals surface area contributed by atoms with Gasteiger partial charge in [0.25, 0.3) is 0 Å². The first-order valence-corrected chi connectivity index (χ1v) is 18.4. The number of rotatable bonds is 6. The zero-order valence-corrected chi connectivity index (χ0v) is 30.7. The number of nitrogens with zero attached hydrogens (tertiary/aromatic N) is 3. The Balaban J connectivity index is 1.45. The van der Waals surface area contributed by atoms with E-state index in [2.05, 4.69) is 5.32 Å². The molecule has 274 valence electrons. The van der Waals surface area contributed by atoms with Crippen LogP contribution in [0.5, 0.6) is 11.6 Å². The van der Waals surface area contributed by atoms with E-state index in [0.717, 1.165) is 48.9 Å². The fourth-order valence-corrected chi connectivity index (χ4v) is 7.22. The van der Waals surface area contributed by atoms with Gasteiger partial charge in [-0.25, -0.2) is 19.6 Å². The zero-order valence-electron chi connectivity index (χ0n) is 30.7. The Hall–Kier alpha value is -4.41.